The number of carbonyl (C=O) groups is 1. The number of sulfonamides is 1. The second kappa shape index (κ2) is 7.78. The van der Waals surface area contributed by atoms with Gasteiger partial charge in [-0.25, -0.2) is 8.42 Å². The third-order valence-corrected chi connectivity index (χ3v) is 5.04. The summed E-state index contributed by atoms with van der Waals surface area (Å²) in [6.07, 6.45) is -0.00516. The van der Waals surface area contributed by atoms with Crippen molar-refractivity contribution < 1.29 is 17.9 Å². The van der Waals surface area contributed by atoms with Gasteiger partial charge in [0.25, 0.3) is 10.0 Å². The van der Waals surface area contributed by atoms with Crippen molar-refractivity contribution in [2.45, 2.75) is 18.2 Å². The lowest BCUT2D eigenvalue weighted by molar-refractivity contribution is -0.142. The first-order valence-corrected chi connectivity index (χ1v) is 8.78. The van der Waals surface area contributed by atoms with E-state index in [1.54, 1.807) is 49.4 Å². The van der Waals surface area contributed by atoms with E-state index in [2.05, 4.69) is 0 Å². The number of rotatable bonds is 7. The Kier molecular flexibility index (Phi) is 5.76. The van der Waals surface area contributed by atoms with Crippen molar-refractivity contribution >= 4 is 21.7 Å². The van der Waals surface area contributed by atoms with Crippen LogP contribution in [0.15, 0.2) is 65.6 Å². The Bertz CT molecular complexity index is 730. The quantitative estimate of drug-likeness (QED) is 0.731. The minimum Gasteiger partial charge on any atom is -0.466 e. The van der Waals surface area contributed by atoms with Crippen LogP contribution in [0, 0.1) is 0 Å². The number of nitrogens with zero attached hydrogens (tertiary/aromatic N) is 1. The zero-order chi connectivity index (χ0) is 16.7. The van der Waals surface area contributed by atoms with E-state index in [1.807, 2.05) is 6.07 Å². The van der Waals surface area contributed by atoms with Crippen molar-refractivity contribution in [2.24, 2.45) is 0 Å². The smallest absolute Gasteiger partial charge is 0.307 e. The molecule has 122 valence electrons. The van der Waals surface area contributed by atoms with Gasteiger partial charge >= 0.3 is 5.97 Å². The molecule has 6 heteroatoms. The highest BCUT2D eigenvalue weighted by Crippen LogP contribution is 2.23. The summed E-state index contributed by atoms with van der Waals surface area (Å²) >= 11 is 0. The zero-order valence-corrected chi connectivity index (χ0v) is 13.7. The van der Waals surface area contributed by atoms with Crippen LogP contribution in [0.5, 0.6) is 0 Å². The second-order valence-corrected chi connectivity index (χ2v) is 6.64. The van der Waals surface area contributed by atoms with Crippen LogP contribution in [0.2, 0.25) is 0 Å². The van der Waals surface area contributed by atoms with Gasteiger partial charge in [0.05, 0.1) is 23.6 Å². The van der Waals surface area contributed by atoms with E-state index in [9.17, 15) is 13.2 Å². The molecule has 0 fully saturated rings. The number of benzene rings is 2. The van der Waals surface area contributed by atoms with Gasteiger partial charge in [0.15, 0.2) is 0 Å². The number of carbonyl (C=O) groups excluding carboxylic acids is 1. The van der Waals surface area contributed by atoms with E-state index in [4.69, 9.17) is 4.74 Å². The summed E-state index contributed by atoms with van der Waals surface area (Å²) in [4.78, 5) is 11.8. The first-order chi connectivity index (χ1) is 11.1. The normalized spacial score (nSPS) is 11.0. The molecular formula is C17H19NO4S. The fourth-order valence-electron chi connectivity index (χ4n) is 2.13. The van der Waals surface area contributed by atoms with Crippen LogP contribution in [-0.4, -0.2) is 27.5 Å². The van der Waals surface area contributed by atoms with Crippen LogP contribution < -0.4 is 4.31 Å². The van der Waals surface area contributed by atoms with Gasteiger partial charge in [0, 0.05) is 6.54 Å². The minimum absolute atomic E-state index is 0.00516. The maximum atomic E-state index is 12.9. The van der Waals surface area contributed by atoms with E-state index in [0.717, 1.165) is 0 Å². The van der Waals surface area contributed by atoms with Crippen molar-refractivity contribution in [2.75, 3.05) is 17.5 Å². The molecule has 0 amide bonds. The second-order valence-electron chi connectivity index (χ2n) is 4.78. The maximum absolute atomic E-state index is 12.9. The molecule has 0 radical (unpaired) electrons. The number of para-hydroxylation sites is 1. The maximum Gasteiger partial charge on any atom is 0.307 e. The molecule has 0 spiro atoms. The van der Waals surface area contributed by atoms with Gasteiger partial charge in [-0.05, 0) is 31.2 Å². The van der Waals surface area contributed by atoms with Crippen LogP contribution in [0.25, 0.3) is 0 Å². The molecule has 0 aliphatic heterocycles. The van der Waals surface area contributed by atoms with Crippen LogP contribution in [0.4, 0.5) is 5.69 Å². The largest absolute Gasteiger partial charge is 0.466 e. The molecular weight excluding hydrogens is 314 g/mol. The molecule has 0 saturated heterocycles. The Labute approximate surface area is 136 Å². The summed E-state index contributed by atoms with van der Waals surface area (Å²) in [5, 5.41) is 0. The van der Waals surface area contributed by atoms with Crippen molar-refractivity contribution in [3.63, 3.8) is 0 Å². The minimum atomic E-state index is -3.74. The molecule has 0 atom stereocenters. The highest BCUT2D eigenvalue weighted by Gasteiger charge is 2.25. The fourth-order valence-corrected chi connectivity index (χ4v) is 3.61. The average molecular weight is 333 g/mol. The number of anilines is 1. The molecule has 0 aromatic heterocycles. The van der Waals surface area contributed by atoms with Crippen molar-refractivity contribution in [3.8, 4) is 0 Å². The summed E-state index contributed by atoms with van der Waals surface area (Å²) in [6, 6.07) is 16.9. The Morgan fingerprint density at radius 2 is 1.57 bits per heavy atom. The third kappa shape index (κ3) is 4.32. The fraction of sp³-hybridized carbons (Fsp3) is 0.235. The summed E-state index contributed by atoms with van der Waals surface area (Å²) in [5.41, 5.74) is 0.514. The lowest BCUT2D eigenvalue weighted by Crippen LogP contribution is -2.33. The number of esters is 1. The first kappa shape index (κ1) is 17.0. The SMILES string of the molecule is CCOC(=O)CCN(c1ccccc1)S(=O)(=O)c1ccccc1. The van der Waals surface area contributed by atoms with E-state index in [-0.39, 0.29) is 24.5 Å². The molecule has 23 heavy (non-hydrogen) atoms. The summed E-state index contributed by atoms with van der Waals surface area (Å²) in [6.45, 7) is 2.02. The van der Waals surface area contributed by atoms with Gasteiger partial charge in [-0.2, -0.15) is 0 Å². The molecule has 0 unspecified atom stereocenters. The van der Waals surface area contributed by atoms with Gasteiger partial charge in [0.1, 0.15) is 0 Å². The lowest BCUT2D eigenvalue weighted by Gasteiger charge is -2.24. The Balaban J connectivity index is 2.32. The van der Waals surface area contributed by atoms with Crippen LogP contribution in [-0.2, 0) is 19.6 Å². The lowest BCUT2D eigenvalue weighted by atomic mass is 10.3. The molecule has 2 aromatic carbocycles. The standard InChI is InChI=1S/C17H19NO4S/c1-2-22-17(19)13-14-18(15-9-5-3-6-10-15)23(20,21)16-11-7-4-8-12-16/h3-12H,2,13-14H2,1H3. The highest BCUT2D eigenvalue weighted by molar-refractivity contribution is 7.92. The van der Waals surface area contributed by atoms with Gasteiger partial charge in [0.2, 0.25) is 0 Å². The van der Waals surface area contributed by atoms with Crippen LogP contribution in [0.3, 0.4) is 0 Å². The Morgan fingerprint density at radius 3 is 2.13 bits per heavy atom. The van der Waals surface area contributed by atoms with E-state index < -0.39 is 16.0 Å². The predicted octanol–water partition coefficient (Wildman–Crippen LogP) is 2.84. The molecule has 0 aliphatic rings. The number of hydrogen-bond donors (Lipinski definition) is 0. The number of ether oxygens (including phenoxy) is 1. The molecule has 2 aromatic rings. The average Bonchev–Trinajstić information content (AvgIpc) is 2.57. The van der Waals surface area contributed by atoms with Crippen molar-refractivity contribution in [1.29, 1.82) is 0 Å². The molecule has 0 aliphatic carbocycles. The van der Waals surface area contributed by atoms with Crippen molar-refractivity contribution in [1.82, 2.24) is 0 Å². The zero-order valence-electron chi connectivity index (χ0n) is 12.9. The van der Waals surface area contributed by atoms with Crippen molar-refractivity contribution in [3.05, 3.63) is 60.7 Å². The monoisotopic (exact) mass is 333 g/mol. The van der Waals surface area contributed by atoms with Gasteiger partial charge in [-0.15, -0.1) is 0 Å². The van der Waals surface area contributed by atoms with Gasteiger partial charge in [-0.1, -0.05) is 36.4 Å². The molecule has 0 saturated carbocycles. The third-order valence-electron chi connectivity index (χ3n) is 3.20. The molecule has 0 heterocycles. The van der Waals surface area contributed by atoms with Crippen LogP contribution in [0.1, 0.15) is 13.3 Å². The Morgan fingerprint density at radius 1 is 1.00 bits per heavy atom. The summed E-state index contributed by atoms with van der Waals surface area (Å²) < 4.78 is 31.9. The van der Waals surface area contributed by atoms with E-state index in [0.29, 0.717) is 5.69 Å². The summed E-state index contributed by atoms with van der Waals surface area (Å²) in [7, 11) is -3.74. The van der Waals surface area contributed by atoms with Gasteiger partial charge in [-0.3, -0.25) is 9.10 Å². The molecule has 5 nitrogen and oxygen atoms in total. The van der Waals surface area contributed by atoms with E-state index >= 15 is 0 Å². The summed E-state index contributed by atoms with van der Waals surface area (Å²) in [5.74, 6) is -0.420. The van der Waals surface area contributed by atoms with Gasteiger partial charge < -0.3 is 4.74 Å². The highest BCUT2D eigenvalue weighted by atomic mass is 32.2. The van der Waals surface area contributed by atoms with E-state index in [1.165, 1.54) is 16.4 Å². The molecule has 0 bridgehead atoms. The first-order valence-electron chi connectivity index (χ1n) is 7.34. The molecule has 2 rings (SSSR count). The van der Waals surface area contributed by atoms with Crippen LogP contribution >= 0.6 is 0 Å². The predicted molar refractivity (Wildman–Crippen MR) is 88.7 cm³/mol. The number of hydrogen-bond acceptors (Lipinski definition) is 4. The molecule has 0 N–H and O–H groups in total. The topological polar surface area (TPSA) is 63.7 Å². The Hall–Kier alpha value is -2.34.